The first-order valence-electron chi connectivity index (χ1n) is 8.59. The van der Waals surface area contributed by atoms with Gasteiger partial charge in [-0.05, 0) is 74.2 Å². The van der Waals surface area contributed by atoms with Gasteiger partial charge in [0, 0.05) is 0 Å². The number of hydrogen-bond donors (Lipinski definition) is 1. The van der Waals surface area contributed by atoms with Crippen molar-refractivity contribution in [1.29, 1.82) is 0 Å². The first kappa shape index (κ1) is 20.9. The Morgan fingerprint density at radius 3 is 2.19 bits per heavy atom. The lowest BCUT2D eigenvalue weighted by atomic mass is 9.96. The highest BCUT2D eigenvalue weighted by Crippen LogP contribution is 2.22. The molecule has 2 aromatic rings. The van der Waals surface area contributed by atoms with Crippen LogP contribution in [-0.4, -0.2) is 27.1 Å². The minimum Gasteiger partial charge on any atom is -0.348 e. The van der Waals surface area contributed by atoms with Gasteiger partial charge in [-0.15, -0.1) is 0 Å². The van der Waals surface area contributed by atoms with Gasteiger partial charge < -0.3 is 5.32 Å². The Hall–Kier alpha value is -2.41. The van der Waals surface area contributed by atoms with Gasteiger partial charge in [-0.2, -0.15) is 0 Å². The lowest BCUT2D eigenvalue weighted by Gasteiger charge is -2.24. The first-order valence-corrected chi connectivity index (χ1v) is 10.4. The van der Waals surface area contributed by atoms with Gasteiger partial charge >= 0.3 is 0 Å². The van der Waals surface area contributed by atoms with E-state index >= 15 is 0 Å². The highest BCUT2D eigenvalue weighted by molar-refractivity contribution is 7.92. The van der Waals surface area contributed by atoms with Gasteiger partial charge in [-0.1, -0.05) is 12.1 Å². The van der Waals surface area contributed by atoms with Crippen molar-refractivity contribution >= 4 is 21.6 Å². The summed E-state index contributed by atoms with van der Waals surface area (Å²) < 4.78 is 38.3. The Bertz CT molecular complexity index is 940. The molecular weight excluding hydrogens is 367 g/mol. The predicted molar refractivity (Wildman–Crippen MR) is 106 cm³/mol. The third-order valence-electron chi connectivity index (χ3n) is 4.53. The molecule has 5 nitrogen and oxygen atoms in total. The zero-order chi connectivity index (χ0) is 20.4. The van der Waals surface area contributed by atoms with Gasteiger partial charge in [-0.3, -0.25) is 9.10 Å². The molecule has 27 heavy (non-hydrogen) atoms. The van der Waals surface area contributed by atoms with Crippen LogP contribution in [0, 0.1) is 26.6 Å². The van der Waals surface area contributed by atoms with E-state index in [0.29, 0.717) is 0 Å². The molecule has 0 radical (unpaired) electrons. The number of aryl methyl sites for hydroxylation is 3. The monoisotopic (exact) mass is 392 g/mol. The lowest BCUT2D eigenvalue weighted by molar-refractivity contribution is -0.120. The second kappa shape index (κ2) is 8.08. The van der Waals surface area contributed by atoms with Gasteiger partial charge in [-0.25, -0.2) is 12.8 Å². The van der Waals surface area contributed by atoms with Crippen LogP contribution in [0.1, 0.15) is 35.2 Å². The number of benzene rings is 2. The van der Waals surface area contributed by atoms with Gasteiger partial charge in [0.25, 0.3) is 0 Å². The van der Waals surface area contributed by atoms with Crippen molar-refractivity contribution in [2.45, 2.75) is 33.7 Å². The van der Waals surface area contributed by atoms with Crippen LogP contribution in [0.4, 0.5) is 10.1 Å². The van der Waals surface area contributed by atoms with E-state index in [-0.39, 0.29) is 18.3 Å². The molecule has 1 amide bonds. The smallest absolute Gasteiger partial charge is 0.241 e. The Balaban J connectivity index is 2.19. The molecule has 0 aromatic heterocycles. The van der Waals surface area contributed by atoms with Crippen molar-refractivity contribution in [3.63, 3.8) is 0 Å². The van der Waals surface area contributed by atoms with E-state index in [1.807, 2.05) is 33.8 Å². The standard InChI is InChI=1S/C20H25FN2O3S/c1-13-10-15(3)19(11-14(13)2)16(4)22-20(24)12-23(27(5,25)26)18-8-6-17(21)7-9-18/h6-11,16H,12H2,1-5H3,(H,22,24)/t16-/m1/s1. The van der Waals surface area contributed by atoms with Gasteiger partial charge in [0.2, 0.25) is 15.9 Å². The van der Waals surface area contributed by atoms with Crippen LogP contribution in [0.2, 0.25) is 0 Å². The molecule has 146 valence electrons. The number of amides is 1. The van der Waals surface area contributed by atoms with Crippen molar-refractivity contribution in [2.75, 3.05) is 17.1 Å². The fourth-order valence-corrected chi connectivity index (χ4v) is 3.81. The zero-order valence-corrected chi connectivity index (χ0v) is 17.0. The topological polar surface area (TPSA) is 66.5 Å². The second-order valence-electron chi connectivity index (χ2n) is 6.83. The van der Waals surface area contributed by atoms with E-state index in [2.05, 4.69) is 11.4 Å². The number of carbonyl (C=O) groups is 1. The third kappa shape index (κ3) is 5.29. The third-order valence-corrected chi connectivity index (χ3v) is 5.67. The molecular formula is C20H25FN2O3S. The van der Waals surface area contributed by atoms with E-state index in [9.17, 15) is 17.6 Å². The van der Waals surface area contributed by atoms with E-state index in [1.54, 1.807) is 0 Å². The molecule has 0 fully saturated rings. The molecule has 7 heteroatoms. The van der Waals surface area contributed by atoms with Crippen LogP contribution >= 0.6 is 0 Å². The summed E-state index contributed by atoms with van der Waals surface area (Å²) in [6.07, 6.45) is 1.01. The summed E-state index contributed by atoms with van der Waals surface area (Å²) in [7, 11) is -3.70. The largest absolute Gasteiger partial charge is 0.348 e. The van der Waals surface area contributed by atoms with Crippen LogP contribution in [-0.2, 0) is 14.8 Å². The lowest BCUT2D eigenvalue weighted by Crippen LogP contribution is -2.41. The number of halogens is 1. The van der Waals surface area contributed by atoms with E-state index in [0.717, 1.165) is 39.4 Å². The van der Waals surface area contributed by atoms with E-state index in [4.69, 9.17) is 0 Å². The molecule has 0 bridgehead atoms. The fourth-order valence-electron chi connectivity index (χ4n) is 2.95. The van der Waals surface area contributed by atoms with Crippen molar-refractivity contribution in [3.8, 4) is 0 Å². The van der Waals surface area contributed by atoms with Crippen LogP contribution in [0.15, 0.2) is 36.4 Å². The average molecular weight is 392 g/mol. The fraction of sp³-hybridized carbons (Fsp3) is 0.350. The second-order valence-corrected chi connectivity index (χ2v) is 8.74. The molecule has 0 saturated heterocycles. The Labute approximate surface area is 160 Å². The summed E-state index contributed by atoms with van der Waals surface area (Å²) >= 11 is 0. The summed E-state index contributed by atoms with van der Waals surface area (Å²) in [4.78, 5) is 12.5. The van der Waals surface area contributed by atoms with E-state index < -0.39 is 21.7 Å². The van der Waals surface area contributed by atoms with Crippen LogP contribution in [0.3, 0.4) is 0 Å². The quantitative estimate of drug-likeness (QED) is 0.819. The molecule has 0 saturated carbocycles. The average Bonchev–Trinajstić information content (AvgIpc) is 2.56. The Kier molecular flexibility index (Phi) is 6.26. The minimum atomic E-state index is -3.70. The zero-order valence-electron chi connectivity index (χ0n) is 16.2. The summed E-state index contributed by atoms with van der Waals surface area (Å²) in [6.45, 7) is 7.50. The summed E-state index contributed by atoms with van der Waals surface area (Å²) in [6, 6.07) is 8.81. The van der Waals surface area contributed by atoms with Crippen molar-refractivity contribution in [1.82, 2.24) is 5.32 Å². The number of nitrogens with one attached hydrogen (secondary N) is 1. The molecule has 1 atom stereocenters. The molecule has 0 aliphatic rings. The number of rotatable bonds is 6. The first-order chi connectivity index (χ1) is 12.5. The molecule has 0 heterocycles. The summed E-state index contributed by atoms with van der Waals surface area (Å²) in [5.41, 5.74) is 4.59. The number of nitrogens with zero attached hydrogens (tertiary/aromatic N) is 1. The molecule has 0 unspecified atom stereocenters. The maximum absolute atomic E-state index is 13.1. The number of sulfonamides is 1. The Morgan fingerprint density at radius 1 is 1.07 bits per heavy atom. The molecule has 2 aromatic carbocycles. The van der Waals surface area contributed by atoms with E-state index in [1.165, 1.54) is 17.7 Å². The number of carbonyl (C=O) groups excluding carboxylic acids is 1. The van der Waals surface area contributed by atoms with Crippen LogP contribution in [0.5, 0.6) is 0 Å². The maximum atomic E-state index is 13.1. The minimum absolute atomic E-state index is 0.240. The molecule has 0 aliphatic heterocycles. The highest BCUT2D eigenvalue weighted by Gasteiger charge is 2.22. The summed E-state index contributed by atoms with van der Waals surface area (Å²) in [5.74, 6) is -0.912. The van der Waals surface area contributed by atoms with Crippen molar-refractivity contribution in [3.05, 3.63) is 64.5 Å². The van der Waals surface area contributed by atoms with Gasteiger partial charge in [0.15, 0.2) is 0 Å². The normalized spacial score (nSPS) is 12.5. The molecule has 2 rings (SSSR count). The SMILES string of the molecule is Cc1cc(C)c([C@@H](C)NC(=O)CN(c2ccc(F)cc2)S(C)(=O)=O)cc1C. The van der Waals surface area contributed by atoms with Crippen LogP contribution in [0.25, 0.3) is 0 Å². The van der Waals surface area contributed by atoms with Crippen molar-refractivity contribution < 1.29 is 17.6 Å². The van der Waals surface area contributed by atoms with Crippen LogP contribution < -0.4 is 9.62 Å². The molecule has 0 spiro atoms. The molecule has 1 N–H and O–H groups in total. The van der Waals surface area contributed by atoms with Crippen molar-refractivity contribution in [2.24, 2.45) is 0 Å². The summed E-state index contributed by atoms with van der Waals surface area (Å²) in [5, 5.41) is 2.85. The maximum Gasteiger partial charge on any atom is 0.241 e. The van der Waals surface area contributed by atoms with Gasteiger partial charge in [0.05, 0.1) is 18.0 Å². The number of anilines is 1. The Morgan fingerprint density at radius 2 is 1.63 bits per heavy atom. The highest BCUT2D eigenvalue weighted by atomic mass is 32.2. The number of hydrogen-bond acceptors (Lipinski definition) is 3. The predicted octanol–water partition coefficient (Wildman–Crippen LogP) is 3.39. The molecule has 0 aliphatic carbocycles. The van der Waals surface area contributed by atoms with Gasteiger partial charge in [0.1, 0.15) is 12.4 Å².